The number of imidazole rings is 1. The van der Waals surface area contributed by atoms with Crippen LogP contribution in [-0.2, 0) is 32.0 Å². The third-order valence-corrected chi connectivity index (χ3v) is 6.91. The van der Waals surface area contributed by atoms with E-state index in [1.807, 2.05) is 30.3 Å². The van der Waals surface area contributed by atoms with E-state index in [2.05, 4.69) is 20.3 Å². The van der Waals surface area contributed by atoms with Gasteiger partial charge in [0.25, 0.3) is 5.60 Å². The van der Waals surface area contributed by atoms with Gasteiger partial charge in [-0.15, -0.1) is 0 Å². The molecule has 41 heavy (non-hydrogen) atoms. The zero-order valence-electron chi connectivity index (χ0n) is 21.3. The molecule has 0 bridgehead atoms. The molecule has 12 nitrogen and oxygen atoms in total. The highest BCUT2D eigenvalue weighted by Crippen LogP contribution is 2.36. The van der Waals surface area contributed by atoms with Gasteiger partial charge < -0.3 is 30.1 Å². The zero-order chi connectivity index (χ0) is 29.1. The van der Waals surface area contributed by atoms with Gasteiger partial charge in [0.1, 0.15) is 12.2 Å². The van der Waals surface area contributed by atoms with Gasteiger partial charge in [-0.3, -0.25) is 4.57 Å². The number of anilines is 1. The maximum Gasteiger partial charge on any atom is 0.348 e. The van der Waals surface area contributed by atoms with Crippen molar-refractivity contribution in [3.8, 4) is 0 Å². The Morgan fingerprint density at radius 3 is 2.32 bits per heavy atom. The summed E-state index contributed by atoms with van der Waals surface area (Å²) in [6.07, 6.45) is -5.91. The van der Waals surface area contributed by atoms with E-state index in [1.165, 1.54) is 10.9 Å². The molecule has 0 radical (unpaired) electrons. The molecule has 4 N–H and O–H groups in total. The average molecular weight is 586 g/mol. The molecule has 0 aliphatic carbocycles. The molecule has 4 aromatic rings. The lowest BCUT2D eigenvalue weighted by Crippen LogP contribution is -2.52. The normalized spacial score (nSPS) is 20.8. The number of aliphatic carboxylic acids is 2. The number of benzene rings is 2. The van der Waals surface area contributed by atoms with Gasteiger partial charge in [-0.1, -0.05) is 60.7 Å². The summed E-state index contributed by atoms with van der Waals surface area (Å²) in [6.45, 7) is -0.326. The van der Waals surface area contributed by atoms with Gasteiger partial charge in [0.15, 0.2) is 29.4 Å². The van der Waals surface area contributed by atoms with Crippen LogP contribution in [0.15, 0.2) is 67.0 Å². The van der Waals surface area contributed by atoms with Crippen LogP contribution in [0.1, 0.15) is 17.4 Å². The largest absolute Gasteiger partial charge is 0.479 e. The van der Waals surface area contributed by atoms with Crippen molar-refractivity contribution < 1.29 is 38.8 Å². The third kappa shape index (κ3) is 5.70. The predicted molar refractivity (Wildman–Crippen MR) is 143 cm³/mol. The van der Waals surface area contributed by atoms with E-state index in [-0.39, 0.29) is 16.4 Å². The van der Waals surface area contributed by atoms with Crippen LogP contribution in [0, 0.1) is 0 Å². The van der Waals surface area contributed by atoms with Crippen molar-refractivity contribution in [2.45, 2.75) is 43.2 Å². The predicted octanol–water partition coefficient (Wildman–Crippen LogP) is 2.86. The molecule has 3 heterocycles. The van der Waals surface area contributed by atoms with Crippen LogP contribution in [0.3, 0.4) is 0 Å². The highest BCUT2D eigenvalue weighted by Gasteiger charge is 2.52. The number of nitrogens with zero attached hydrogens (tertiary/aromatic N) is 4. The Balaban J connectivity index is 1.36. The second-order valence-electron chi connectivity index (χ2n) is 9.42. The van der Waals surface area contributed by atoms with E-state index >= 15 is 4.39 Å². The minimum atomic E-state index is -2.70. The molecule has 214 valence electrons. The minimum Gasteiger partial charge on any atom is -0.479 e. The molecule has 1 aliphatic heterocycles. The summed E-state index contributed by atoms with van der Waals surface area (Å²) in [5.41, 5.74) is -0.944. The minimum absolute atomic E-state index is 0.122. The number of halogens is 2. The second-order valence-corrected chi connectivity index (χ2v) is 9.75. The number of nitrogens with one attached hydrogen (secondary N) is 1. The van der Waals surface area contributed by atoms with E-state index in [0.717, 1.165) is 5.56 Å². The Bertz CT molecular complexity index is 1530. The van der Waals surface area contributed by atoms with E-state index in [9.17, 15) is 24.9 Å². The Kier molecular flexibility index (Phi) is 8.13. The first kappa shape index (κ1) is 28.4. The number of fused-ring (bicyclic) bond motifs is 1. The third-order valence-electron chi connectivity index (χ3n) is 6.75. The molecule has 2 aromatic heterocycles. The molecule has 1 saturated heterocycles. The van der Waals surface area contributed by atoms with Gasteiger partial charge in [0.2, 0.25) is 5.28 Å². The molecule has 0 amide bonds. The van der Waals surface area contributed by atoms with Crippen LogP contribution in [0.5, 0.6) is 0 Å². The first-order chi connectivity index (χ1) is 19.7. The van der Waals surface area contributed by atoms with Crippen LogP contribution in [0.4, 0.5) is 10.2 Å². The first-order valence-corrected chi connectivity index (χ1v) is 12.9. The number of aromatic nitrogens is 4. The average Bonchev–Trinajstić information content (AvgIpc) is 3.50. The van der Waals surface area contributed by atoms with Gasteiger partial charge in [-0.2, -0.15) is 9.97 Å². The topological polar surface area (TPSA) is 169 Å². The van der Waals surface area contributed by atoms with Crippen LogP contribution in [-0.4, -0.2) is 77.4 Å². The molecule has 2 aromatic carbocycles. The maximum atomic E-state index is 15.4. The molecule has 0 unspecified atom stereocenters. The highest BCUT2D eigenvalue weighted by molar-refractivity contribution is 6.28. The number of rotatable bonds is 11. The summed E-state index contributed by atoms with van der Waals surface area (Å²) in [4.78, 5) is 36.8. The fraction of sp³-hybridized carbons (Fsp3) is 0.296. The number of carboxylic acid groups (broad SMARTS) is 2. The van der Waals surface area contributed by atoms with Crippen LogP contribution in [0.25, 0.3) is 11.2 Å². The lowest BCUT2D eigenvalue weighted by Gasteiger charge is -2.27. The molecular weight excluding hydrogens is 561 g/mol. The van der Waals surface area contributed by atoms with E-state index < -0.39 is 55.2 Å². The summed E-state index contributed by atoms with van der Waals surface area (Å²) in [5.74, 6) is -3.21. The number of aliphatic hydroxyl groups is 1. The smallest absolute Gasteiger partial charge is 0.348 e. The second kappa shape index (κ2) is 11.7. The summed E-state index contributed by atoms with van der Waals surface area (Å²) in [5, 5.41) is 33.2. The van der Waals surface area contributed by atoms with Crippen molar-refractivity contribution in [3.63, 3.8) is 0 Å². The van der Waals surface area contributed by atoms with E-state index in [4.69, 9.17) is 21.1 Å². The number of hydrogen-bond acceptors (Lipinski definition) is 9. The van der Waals surface area contributed by atoms with E-state index in [0.29, 0.717) is 17.9 Å². The molecule has 4 atom stereocenters. The summed E-state index contributed by atoms with van der Waals surface area (Å²) < 4.78 is 27.7. The number of carbonyl (C=O) groups is 2. The van der Waals surface area contributed by atoms with Gasteiger partial charge in [-0.05, 0) is 22.7 Å². The Morgan fingerprint density at radius 2 is 1.68 bits per heavy atom. The van der Waals surface area contributed by atoms with Gasteiger partial charge in [0.05, 0.1) is 12.9 Å². The SMILES string of the molecule is O=C(O)C(Cc1ccccc1)(OC[C@H]1O[C@@H](n2cnc3c(NCc4ccccc4)nc(Cl)nc32)[C@@H](F)[C@@H]1O)C(=O)O. The zero-order valence-corrected chi connectivity index (χ0v) is 22.1. The maximum absolute atomic E-state index is 15.4. The number of ether oxygens (including phenoxy) is 2. The first-order valence-electron chi connectivity index (χ1n) is 12.5. The molecule has 0 spiro atoms. The number of aliphatic hydroxyl groups excluding tert-OH is 1. The van der Waals surface area contributed by atoms with Crippen molar-refractivity contribution in [2.24, 2.45) is 0 Å². The summed E-state index contributed by atoms with van der Waals surface area (Å²) in [7, 11) is 0. The quantitative estimate of drug-likeness (QED) is 0.151. The number of hydrogen-bond donors (Lipinski definition) is 4. The lowest BCUT2D eigenvalue weighted by molar-refractivity contribution is -0.190. The molecule has 14 heteroatoms. The monoisotopic (exact) mass is 585 g/mol. The van der Waals surface area contributed by atoms with Crippen LogP contribution in [0.2, 0.25) is 5.28 Å². The fourth-order valence-electron chi connectivity index (χ4n) is 4.57. The summed E-state index contributed by atoms with van der Waals surface area (Å²) >= 11 is 6.14. The van der Waals surface area contributed by atoms with E-state index in [1.54, 1.807) is 30.3 Å². The Labute approximate surface area is 237 Å². The summed E-state index contributed by atoms with van der Waals surface area (Å²) in [6, 6.07) is 17.5. The Hall–Kier alpha value is -4.17. The highest BCUT2D eigenvalue weighted by atomic mass is 35.5. The van der Waals surface area contributed by atoms with Crippen molar-refractivity contribution in [3.05, 3.63) is 83.4 Å². The van der Waals surface area contributed by atoms with Crippen LogP contribution >= 0.6 is 11.6 Å². The number of alkyl halides is 1. The lowest BCUT2D eigenvalue weighted by atomic mass is 9.94. The molecule has 0 saturated carbocycles. The van der Waals surface area contributed by atoms with Crippen LogP contribution < -0.4 is 5.32 Å². The number of carboxylic acids is 2. The van der Waals surface area contributed by atoms with Crippen molar-refractivity contribution in [1.29, 1.82) is 0 Å². The van der Waals surface area contributed by atoms with Crippen molar-refractivity contribution in [2.75, 3.05) is 11.9 Å². The molecule has 1 fully saturated rings. The molecular formula is C27H25ClFN5O7. The Morgan fingerprint density at radius 1 is 1.05 bits per heavy atom. The molecule has 5 rings (SSSR count). The standard InChI is InChI=1S/C27H25ClFN5O7/c28-26-32-21(30-12-16-9-5-2-6-10-16)19-22(33-26)34(14-31-19)23-18(29)20(35)17(41-23)13-40-27(24(36)37,25(38)39)11-15-7-3-1-4-8-15/h1-10,14,17-18,20,23,35H,11-13H2,(H,36,37)(H,38,39)(H,30,32,33)/t17-,18+,20-,23-/m1/s1. The van der Waals surface area contributed by atoms with Crippen molar-refractivity contribution >= 4 is 40.5 Å². The molecule has 1 aliphatic rings. The van der Waals surface area contributed by atoms with Gasteiger partial charge in [0, 0.05) is 13.0 Å². The van der Waals surface area contributed by atoms with Gasteiger partial charge in [-0.25, -0.2) is 19.0 Å². The van der Waals surface area contributed by atoms with Gasteiger partial charge >= 0.3 is 11.9 Å². The van der Waals surface area contributed by atoms with Crippen molar-refractivity contribution in [1.82, 2.24) is 19.5 Å². The fourth-order valence-corrected chi connectivity index (χ4v) is 4.74.